The van der Waals surface area contributed by atoms with Crippen LogP contribution in [0, 0.1) is 0 Å². The zero-order chi connectivity index (χ0) is 17.0. The van der Waals surface area contributed by atoms with Crippen LogP contribution in [0.1, 0.15) is 54.8 Å². The Hall–Kier alpha value is -2.13. The Morgan fingerprint density at radius 1 is 1.04 bits per heavy atom. The minimum Gasteiger partial charge on any atom is -0.497 e. The van der Waals surface area contributed by atoms with E-state index in [9.17, 15) is 9.90 Å². The largest absolute Gasteiger partial charge is 0.497 e. The number of ketones is 1. The van der Waals surface area contributed by atoms with Crippen molar-refractivity contribution in [1.82, 2.24) is 0 Å². The zero-order valence-electron chi connectivity index (χ0n) is 14.2. The molecular formula is C20H24O3. The predicted octanol–water partition coefficient (Wildman–Crippen LogP) is 4.30. The summed E-state index contributed by atoms with van der Waals surface area (Å²) in [5.74, 6) is 0.666. The maximum Gasteiger partial charge on any atom is 0.165 e. The molecule has 0 fully saturated rings. The van der Waals surface area contributed by atoms with E-state index in [1.165, 1.54) is 5.56 Å². The number of aliphatic hydroxyl groups excluding tert-OH is 1. The fourth-order valence-electron chi connectivity index (χ4n) is 2.39. The van der Waals surface area contributed by atoms with Crippen LogP contribution in [0.2, 0.25) is 0 Å². The monoisotopic (exact) mass is 312 g/mol. The van der Waals surface area contributed by atoms with Crippen LogP contribution in [-0.4, -0.2) is 18.0 Å². The third-order valence-electron chi connectivity index (χ3n) is 3.95. The van der Waals surface area contributed by atoms with Crippen LogP contribution in [0.25, 0.3) is 0 Å². The topological polar surface area (TPSA) is 46.5 Å². The van der Waals surface area contributed by atoms with Crippen molar-refractivity contribution in [2.24, 2.45) is 0 Å². The standard InChI is InChI=1S/C20H24O3/c1-20(2,3)16-9-5-14(6-10-16)18(21)13-19(22)15-7-11-17(23-4)12-8-15/h5-12,19,22H,13H2,1-4H3. The summed E-state index contributed by atoms with van der Waals surface area (Å²) in [7, 11) is 1.59. The number of Topliss-reactive ketones (excluding diaryl/α,β-unsaturated/α-hetero) is 1. The van der Waals surface area contributed by atoms with Gasteiger partial charge >= 0.3 is 0 Å². The zero-order valence-corrected chi connectivity index (χ0v) is 14.2. The summed E-state index contributed by atoms with van der Waals surface area (Å²) in [5, 5.41) is 10.2. The quantitative estimate of drug-likeness (QED) is 0.837. The number of rotatable bonds is 5. The van der Waals surface area contributed by atoms with Gasteiger partial charge in [0, 0.05) is 12.0 Å². The molecule has 1 atom stereocenters. The molecule has 0 heterocycles. The van der Waals surface area contributed by atoms with E-state index in [1.54, 1.807) is 31.4 Å². The predicted molar refractivity (Wildman–Crippen MR) is 92.0 cm³/mol. The number of aliphatic hydroxyl groups is 1. The van der Waals surface area contributed by atoms with Crippen LogP contribution in [-0.2, 0) is 5.41 Å². The lowest BCUT2D eigenvalue weighted by molar-refractivity contribution is 0.0880. The molecule has 2 rings (SSSR count). The van der Waals surface area contributed by atoms with E-state index in [-0.39, 0.29) is 17.6 Å². The van der Waals surface area contributed by atoms with Gasteiger partial charge in [0.1, 0.15) is 5.75 Å². The minimum absolute atomic E-state index is 0.0597. The van der Waals surface area contributed by atoms with Crippen molar-refractivity contribution in [3.63, 3.8) is 0 Å². The molecule has 23 heavy (non-hydrogen) atoms. The van der Waals surface area contributed by atoms with Gasteiger partial charge in [-0.15, -0.1) is 0 Å². The molecule has 0 aliphatic rings. The molecule has 3 nitrogen and oxygen atoms in total. The first-order valence-corrected chi connectivity index (χ1v) is 7.77. The number of hydrogen-bond donors (Lipinski definition) is 1. The summed E-state index contributed by atoms with van der Waals surface area (Å²) < 4.78 is 5.09. The lowest BCUT2D eigenvalue weighted by Crippen LogP contribution is -2.12. The second-order valence-corrected chi connectivity index (χ2v) is 6.74. The van der Waals surface area contributed by atoms with E-state index < -0.39 is 6.10 Å². The second kappa shape index (κ2) is 6.97. The molecule has 3 heteroatoms. The van der Waals surface area contributed by atoms with Gasteiger partial charge in [0.05, 0.1) is 13.2 Å². The number of carbonyl (C=O) groups is 1. The first-order chi connectivity index (χ1) is 10.8. The lowest BCUT2D eigenvalue weighted by Gasteiger charge is -2.19. The SMILES string of the molecule is COc1ccc(C(O)CC(=O)c2ccc(C(C)(C)C)cc2)cc1. The van der Waals surface area contributed by atoms with Gasteiger partial charge in [-0.25, -0.2) is 0 Å². The molecule has 0 spiro atoms. The molecule has 0 saturated carbocycles. The van der Waals surface area contributed by atoms with Crippen LogP contribution in [0.4, 0.5) is 0 Å². The first-order valence-electron chi connectivity index (χ1n) is 7.77. The number of methoxy groups -OCH3 is 1. The number of ether oxygens (including phenoxy) is 1. The van der Waals surface area contributed by atoms with E-state index in [4.69, 9.17) is 4.74 Å². The summed E-state index contributed by atoms with van der Waals surface area (Å²) in [4.78, 5) is 12.3. The molecule has 0 aliphatic carbocycles. The van der Waals surface area contributed by atoms with E-state index in [1.807, 2.05) is 24.3 Å². The summed E-state index contributed by atoms with van der Waals surface area (Å²) in [5.41, 5.74) is 2.59. The molecule has 0 bridgehead atoms. The normalized spacial score (nSPS) is 12.7. The molecule has 1 N–H and O–H groups in total. The Labute approximate surface area is 137 Å². The highest BCUT2D eigenvalue weighted by molar-refractivity contribution is 5.96. The highest BCUT2D eigenvalue weighted by Gasteiger charge is 2.17. The summed E-state index contributed by atoms with van der Waals surface area (Å²) >= 11 is 0. The third kappa shape index (κ3) is 4.42. The second-order valence-electron chi connectivity index (χ2n) is 6.74. The van der Waals surface area contributed by atoms with Crippen molar-refractivity contribution in [1.29, 1.82) is 0 Å². The van der Waals surface area contributed by atoms with Crippen molar-refractivity contribution >= 4 is 5.78 Å². The van der Waals surface area contributed by atoms with Crippen molar-refractivity contribution in [2.45, 2.75) is 38.7 Å². The maximum absolute atomic E-state index is 12.3. The molecular weight excluding hydrogens is 288 g/mol. The molecule has 0 saturated heterocycles. The highest BCUT2D eigenvalue weighted by Crippen LogP contribution is 2.24. The smallest absolute Gasteiger partial charge is 0.165 e. The van der Waals surface area contributed by atoms with Gasteiger partial charge in [0.15, 0.2) is 5.78 Å². The average molecular weight is 312 g/mol. The Morgan fingerprint density at radius 3 is 2.09 bits per heavy atom. The Morgan fingerprint density at radius 2 is 1.61 bits per heavy atom. The molecule has 0 aromatic heterocycles. The van der Waals surface area contributed by atoms with Crippen molar-refractivity contribution in [3.8, 4) is 5.75 Å². The van der Waals surface area contributed by atoms with Gasteiger partial charge in [-0.3, -0.25) is 4.79 Å². The number of carbonyl (C=O) groups excluding carboxylic acids is 1. The summed E-state index contributed by atoms with van der Waals surface area (Å²) in [6, 6.07) is 14.7. The lowest BCUT2D eigenvalue weighted by atomic mass is 9.86. The van der Waals surface area contributed by atoms with Gasteiger partial charge in [0.2, 0.25) is 0 Å². The van der Waals surface area contributed by atoms with Crippen LogP contribution < -0.4 is 4.74 Å². The Kier molecular flexibility index (Phi) is 5.22. The molecule has 0 radical (unpaired) electrons. The fourth-order valence-corrected chi connectivity index (χ4v) is 2.39. The number of benzene rings is 2. The van der Waals surface area contributed by atoms with Crippen molar-refractivity contribution < 1.29 is 14.6 Å². The van der Waals surface area contributed by atoms with Crippen molar-refractivity contribution in [2.75, 3.05) is 7.11 Å². The Balaban J connectivity index is 2.05. The minimum atomic E-state index is -0.810. The van der Waals surface area contributed by atoms with Crippen LogP contribution in [0.5, 0.6) is 5.75 Å². The van der Waals surface area contributed by atoms with Gasteiger partial charge in [-0.05, 0) is 28.7 Å². The highest BCUT2D eigenvalue weighted by atomic mass is 16.5. The molecule has 0 aliphatic heterocycles. The average Bonchev–Trinajstić information content (AvgIpc) is 2.54. The first kappa shape index (κ1) is 17.2. The fraction of sp³-hybridized carbons (Fsp3) is 0.350. The summed E-state index contributed by atoms with van der Waals surface area (Å²) in [6.07, 6.45) is -0.739. The van der Waals surface area contributed by atoms with Gasteiger partial charge in [-0.2, -0.15) is 0 Å². The van der Waals surface area contributed by atoms with E-state index in [0.29, 0.717) is 11.1 Å². The summed E-state index contributed by atoms with van der Waals surface area (Å²) in [6.45, 7) is 6.41. The molecule has 1 unspecified atom stereocenters. The Bertz CT molecular complexity index is 649. The molecule has 0 amide bonds. The maximum atomic E-state index is 12.3. The number of hydrogen-bond acceptors (Lipinski definition) is 3. The van der Waals surface area contributed by atoms with Gasteiger partial charge in [-0.1, -0.05) is 57.2 Å². The van der Waals surface area contributed by atoms with E-state index in [2.05, 4.69) is 20.8 Å². The molecule has 2 aromatic carbocycles. The van der Waals surface area contributed by atoms with Crippen molar-refractivity contribution in [3.05, 3.63) is 65.2 Å². The van der Waals surface area contributed by atoms with Gasteiger partial charge in [0.25, 0.3) is 0 Å². The van der Waals surface area contributed by atoms with Crippen LogP contribution in [0.15, 0.2) is 48.5 Å². The van der Waals surface area contributed by atoms with E-state index in [0.717, 1.165) is 5.75 Å². The molecule has 2 aromatic rings. The molecule has 122 valence electrons. The third-order valence-corrected chi connectivity index (χ3v) is 3.95. The van der Waals surface area contributed by atoms with Crippen LogP contribution >= 0.6 is 0 Å². The van der Waals surface area contributed by atoms with Crippen LogP contribution in [0.3, 0.4) is 0 Å². The van der Waals surface area contributed by atoms with E-state index >= 15 is 0 Å². The van der Waals surface area contributed by atoms with Gasteiger partial charge < -0.3 is 9.84 Å².